The third-order valence-corrected chi connectivity index (χ3v) is 3.80. The molecule has 1 N–H and O–H groups in total. The molecule has 0 amide bonds. The first-order chi connectivity index (χ1) is 8.15. The number of nitrogens with zero attached hydrogens (tertiary/aromatic N) is 1. The molecule has 0 aromatic carbocycles. The summed E-state index contributed by atoms with van der Waals surface area (Å²) >= 11 is 0. The molecule has 0 saturated carbocycles. The van der Waals surface area contributed by atoms with Gasteiger partial charge in [0, 0.05) is 18.6 Å². The van der Waals surface area contributed by atoms with Crippen LogP contribution in [0.4, 0.5) is 0 Å². The Morgan fingerprint density at radius 3 is 2.29 bits per heavy atom. The van der Waals surface area contributed by atoms with Crippen LogP contribution >= 0.6 is 0 Å². The van der Waals surface area contributed by atoms with Crippen molar-refractivity contribution in [2.24, 2.45) is 0 Å². The molecule has 0 atom stereocenters. The molecule has 17 heavy (non-hydrogen) atoms. The summed E-state index contributed by atoms with van der Waals surface area (Å²) in [6.07, 6.45) is 7.48. The molecule has 1 rings (SSSR count). The van der Waals surface area contributed by atoms with E-state index in [0.717, 1.165) is 18.6 Å². The summed E-state index contributed by atoms with van der Waals surface area (Å²) in [4.78, 5) is 2.57. The normalized spacial score (nSPS) is 18.6. The van der Waals surface area contributed by atoms with E-state index in [4.69, 9.17) is 0 Å². The molecule has 0 bridgehead atoms. The number of nitrogens with one attached hydrogen (secondary N) is 1. The molecule has 0 aliphatic carbocycles. The Morgan fingerprint density at radius 2 is 1.82 bits per heavy atom. The lowest BCUT2D eigenvalue weighted by molar-refractivity contribution is 0.204. The maximum atomic E-state index is 3.80. The summed E-state index contributed by atoms with van der Waals surface area (Å²) < 4.78 is 0. The maximum Gasteiger partial charge on any atom is 0.0165 e. The van der Waals surface area contributed by atoms with Crippen LogP contribution < -0.4 is 5.32 Å². The molecular formula is C15H30N2. The van der Waals surface area contributed by atoms with Gasteiger partial charge in [0.15, 0.2) is 0 Å². The minimum absolute atomic E-state index is 0.726. The van der Waals surface area contributed by atoms with E-state index in [9.17, 15) is 0 Å². The Balaban J connectivity index is 2.23. The fraction of sp³-hybridized carbons (Fsp3) is 0.867. The standard InChI is InChI=1S/C15H30N2/c1-5-14(6-2)16-15-8-11-17(12-9-15)10-7-13(3)4/h7,14-16H,5-6,8-12H2,1-4H3. The fourth-order valence-electron chi connectivity index (χ4n) is 2.45. The lowest BCUT2D eigenvalue weighted by Crippen LogP contribution is -2.45. The van der Waals surface area contributed by atoms with Gasteiger partial charge in [-0.25, -0.2) is 0 Å². The Bertz CT molecular complexity index is 219. The molecule has 0 unspecified atom stereocenters. The van der Waals surface area contributed by atoms with Crippen molar-refractivity contribution in [1.29, 1.82) is 0 Å². The van der Waals surface area contributed by atoms with Gasteiger partial charge in [-0.3, -0.25) is 4.90 Å². The Kier molecular flexibility index (Phi) is 6.83. The van der Waals surface area contributed by atoms with Crippen molar-refractivity contribution in [3.63, 3.8) is 0 Å². The van der Waals surface area contributed by atoms with Crippen LogP contribution in [0.25, 0.3) is 0 Å². The van der Waals surface area contributed by atoms with Crippen LogP contribution in [0, 0.1) is 0 Å². The zero-order valence-corrected chi connectivity index (χ0v) is 12.1. The van der Waals surface area contributed by atoms with Gasteiger partial charge in [0.1, 0.15) is 0 Å². The smallest absolute Gasteiger partial charge is 0.0165 e. The minimum atomic E-state index is 0.726. The Hall–Kier alpha value is -0.340. The summed E-state index contributed by atoms with van der Waals surface area (Å²) in [6, 6.07) is 1.48. The van der Waals surface area contributed by atoms with Crippen LogP contribution in [0.2, 0.25) is 0 Å². The summed E-state index contributed by atoms with van der Waals surface area (Å²) in [6.45, 7) is 12.6. The van der Waals surface area contributed by atoms with E-state index in [-0.39, 0.29) is 0 Å². The topological polar surface area (TPSA) is 15.3 Å². The van der Waals surface area contributed by atoms with E-state index < -0.39 is 0 Å². The van der Waals surface area contributed by atoms with Gasteiger partial charge in [-0.2, -0.15) is 0 Å². The molecule has 0 spiro atoms. The van der Waals surface area contributed by atoms with E-state index in [1.54, 1.807) is 0 Å². The van der Waals surface area contributed by atoms with E-state index >= 15 is 0 Å². The molecule has 2 nitrogen and oxygen atoms in total. The summed E-state index contributed by atoms with van der Waals surface area (Å²) in [5.41, 5.74) is 1.43. The lowest BCUT2D eigenvalue weighted by atomic mass is 10.0. The first kappa shape index (κ1) is 14.7. The van der Waals surface area contributed by atoms with E-state index in [1.807, 2.05) is 0 Å². The highest BCUT2D eigenvalue weighted by molar-refractivity contribution is 4.95. The van der Waals surface area contributed by atoms with Crippen molar-refractivity contribution in [2.45, 2.75) is 65.5 Å². The SMILES string of the molecule is CCC(CC)NC1CCN(CC=C(C)C)CC1. The van der Waals surface area contributed by atoms with Gasteiger partial charge in [-0.15, -0.1) is 0 Å². The van der Waals surface area contributed by atoms with Gasteiger partial charge < -0.3 is 5.32 Å². The van der Waals surface area contributed by atoms with Crippen LogP contribution in [0.5, 0.6) is 0 Å². The fourth-order valence-corrected chi connectivity index (χ4v) is 2.45. The molecule has 1 aliphatic heterocycles. The summed E-state index contributed by atoms with van der Waals surface area (Å²) in [5, 5.41) is 3.80. The quantitative estimate of drug-likeness (QED) is 0.715. The van der Waals surface area contributed by atoms with Gasteiger partial charge in [-0.1, -0.05) is 25.5 Å². The van der Waals surface area contributed by atoms with E-state index in [0.29, 0.717) is 0 Å². The van der Waals surface area contributed by atoms with Crippen LogP contribution in [0.15, 0.2) is 11.6 Å². The monoisotopic (exact) mass is 238 g/mol. The second-order valence-electron chi connectivity index (χ2n) is 5.54. The van der Waals surface area contributed by atoms with Crippen molar-refractivity contribution in [2.75, 3.05) is 19.6 Å². The molecule has 1 aliphatic rings. The molecule has 1 fully saturated rings. The van der Waals surface area contributed by atoms with E-state index in [2.05, 4.69) is 44.0 Å². The second kappa shape index (κ2) is 7.88. The number of rotatable bonds is 6. The maximum absolute atomic E-state index is 3.80. The number of hydrogen-bond acceptors (Lipinski definition) is 2. The zero-order valence-electron chi connectivity index (χ0n) is 12.1. The van der Waals surface area contributed by atoms with Gasteiger partial charge >= 0.3 is 0 Å². The van der Waals surface area contributed by atoms with Crippen molar-refractivity contribution in [3.05, 3.63) is 11.6 Å². The van der Waals surface area contributed by atoms with Crippen LogP contribution in [-0.2, 0) is 0 Å². The van der Waals surface area contributed by atoms with Crippen LogP contribution in [0.3, 0.4) is 0 Å². The highest BCUT2D eigenvalue weighted by Crippen LogP contribution is 2.12. The molecule has 100 valence electrons. The van der Waals surface area contributed by atoms with Crippen LogP contribution in [-0.4, -0.2) is 36.6 Å². The molecule has 2 heteroatoms. The minimum Gasteiger partial charge on any atom is -0.311 e. The zero-order chi connectivity index (χ0) is 12.7. The van der Waals surface area contributed by atoms with Crippen molar-refractivity contribution in [1.82, 2.24) is 10.2 Å². The highest BCUT2D eigenvalue weighted by atomic mass is 15.1. The average Bonchev–Trinajstić information content (AvgIpc) is 2.34. The number of allylic oxidation sites excluding steroid dienone is 1. The highest BCUT2D eigenvalue weighted by Gasteiger charge is 2.19. The van der Waals surface area contributed by atoms with Crippen molar-refractivity contribution < 1.29 is 0 Å². The molecular weight excluding hydrogens is 208 g/mol. The van der Waals surface area contributed by atoms with Gasteiger partial charge in [0.25, 0.3) is 0 Å². The van der Waals surface area contributed by atoms with Crippen molar-refractivity contribution >= 4 is 0 Å². The third-order valence-electron chi connectivity index (χ3n) is 3.80. The number of piperidine rings is 1. The predicted molar refractivity (Wildman–Crippen MR) is 76.4 cm³/mol. The molecule has 0 aromatic heterocycles. The Labute approximate surface area is 107 Å². The molecule has 1 saturated heterocycles. The molecule has 0 radical (unpaired) electrons. The van der Waals surface area contributed by atoms with Gasteiger partial charge in [0.05, 0.1) is 0 Å². The molecule has 0 aromatic rings. The predicted octanol–water partition coefficient (Wildman–Crippen LogP) is 3.20. The summed E-state index contributed by atoms with van der Waals surface area (Å²) in [5.74, 6) is 0. The summed E-state index contributed by atoms with van der Waals surface area (Å²) in [7, 11) is 0. The van der Waals surface area contributed by atoms with Gasteiger partial charge in [-0.05, 0) is 52.6 Å². The van der Waals surface area contributed by atoms with Crippen molar-refractivity contribution in [3.8, 4) is 0 Å². The third kappa shape index (κ3) is 5.69. The second-order valence-corrected chi connectivity index (χ2v) is 5.54. The van der Waals surface area contributed by atoms with Crippen LogP contribution in [0.1, 0.15) is 53.4 Å². The van der Waals surface area contributed by atoms with E-state index in [1.165, 1.54) is 44.3 Å². The lowest BCUT2D eigenvalue weighted by Gasteiger charge is -2.33. The number of likely N-dealkylation sites (tertiary alicyclic amines) is 1. The largest absolute Gasteiger partial charge is 0.311 e. The first-order valence-corrected chi connectivity index (χ1v) is 7.27. The Morgan fingerprint density at radius 1 is 1.24 bits per heavy atom. The van der Waals surface area contributed by atoms with Gasteiger partial charge in [0.2, 0.25) is 0 Å². The number of hydrogen-bond donors (Lipinski definition) is 1. The average molecular weight is 238 g/mol. The first-order valence-electron chi connectivity index (χ1n) is 7.27. The molecule has 1 heterocycles.